The number of likely N-dealkylation sites (tertiary alicyclic amines) is 1. The van der Waals surface area contributed by atoms with Crippen molar-refractivity contribution in [2.24, 2.45) is 11.7 Å². The van der Waals surface area contributed by atoms with Crippen molar-refractivity contribution in [1.29, 1.82) is 0 Å². The van der Waals surface area contributed by atoms with Gasteiger partial charge in [-0.15, -0.1) is 0 Å². The molecule has 2 heterocycles. The van der Waals surface area contributed by atoms with Crippen LogP contribution in [0.1, 0.15) is 38.1 Å². The second-order valence-electron chi connectivity index (χ2n) is 4.91. The third-order valence-corrected chi connectivity index (χ3v) is 3.36. The SMILES string of the molecule is CC(C)C1CCCN1Cc1cc(CN)no1. The van der Waals surface area contributed by atoms with Crippen LogP contribution >= 0.6 is 0 Å². The molecule has 1 saturated heterocycles. The van der Waals surface area contributed by atoms with Crippen LogP contribution in [0.3, 0.4) is 0 Å². The molecule has 0 spiro atoms. The quantitative estimate of drug-likeness (QED) is 0.845. The van der Waals surface area contributed by atoms with Crippen molar-refractivity contribution < 1.29 is 4.52 Å². The van der Waals surface area contributed by atoms with E-state index < -0.39 is 0 Å². The fourth-order valence-electron chi connectivity index (χ4n) is 2.53. The maximum Gasteiger partial charge on any atom is 0.151 e. The zero-order chi connectivity index (χ0) is 11.5. The molecule has 2 N–H and O–H groups in total. The number of aromatic nitrogens is 1. The standard InChI is InChI=1S/C12H21N3O/c1-9(2)12-4-3-5-15(12)8-11-6-10(7-13)14-16-11/h6,9,12H,3-5,7-8,13H2,1-2H3. The van der Waals surface area contributed by atoms with Crippen molar-refractivity contribution in [2.45, 2.75) is 45.8 Å². The van der Waals surface area contributed by atoms with Crippen molar-refractivity contribution in [3.05, 3.63) is 17.5 Å². The van der Waals surface area contributed by atoms with Crippen LogP contribution in [0.5, 0.6) is 0 Å². The Morgan fingerprint density at radius 3 is 3.06 bits per heavy atom. The van der Waals surface area contributed by atoms with E-state index in [4.69, 9.17) is 10.3 Å². The number of nitrogens with zero attached hydrogens (tertiary/aromatic N) is 2. The summed E-state index contributed by atoms with van der Waals surface area (Å²) in [6, 6.07) is 2.65. The molecule has 1 aliphatic rings. The molecule has 0 bridgehead atoms. The Morgan fingerprint density at radius 2 is 2.44 bits per heavy atom. The zero-order valence-electron chi connectivity index (χ0n) is 10.1. The van der Waals surface area contributed by atoms with Crippen molar-refractivity contribution in [2.75, 3.05) is 6.54 Å². The Bertz CT molecular complexity index is 335. The van der Waals surface area contributed by atoms with Crippen LogP contribution in [0.4, 0.5) is 0 Å². The molecule has 2 rings (SSSR count). The van der Waals surface area contributed by atoms with Gasteiger partial charge < -0.3 is 10.3 Å². The van der Waals surface area contributed by atoms with Gasteiger partial charge in [0.2, 0.25) is 0 Å². The molecule has 90 valence electrons. The third kappa shape index (κ3) is 2.44. The molecule has 4 nitrogen and oxygen atoms in total. The van der Waals surface area contributed by atoms with Gasteiger partial charge in [0.05, 0.1) is 12.2 Å². The van der Waals surface area contributed by atoms with Gasteiger partial charge in [0.25, 0.3) is 0 Å². The van der Waals surface area contributed by atoms with E-state index in [1.165, 1.54) is 19.4 Å². The second kappa shape index (κ2) is 4.97. The number of rotatable bonds is 4. The van der Waals surface area contributed by atoms with E-state index in [0.29, 0.717) is 18.5 Å². The topological polar surface area (TPSA) is 55.3 Å². The molecule has 1 atom stereocenters. The number of nitrogens with two attached hydrogens (primary N) is 1. The van der Waals surface area contributed by atoms with Gasteiger partial charge in [0.1, 0.15) is 0 Å². The summed E-state index contributed by atoms with van der Waals surface area (Å²) in [6.07, 6.45) is 2.59. The Labute approximate surface area is 96.8 Å². The lowest BCUT2D eigenvalue weighted by molar-refractivity contribution is 0.178. The van der Waals surface area contributed by atoms with Gasteiger partial charge >= 0.3 is 0 Å². The molecule has 1 fully saturated rings. The highest BCUT2D eigenvalue weighted by Crippen LogP contribution is 2.25. The van der Waals surface area contributed by atoms with Crippen LogP contribution in [-0.2, 0) is 13.1 Å². The molecule has 16 heavy (non-hydrogen) atoms. The Morgan fingerprint density at radius 1 is 1.62 bits per heavy atom. The normalized spacial score (nSPS) is 22.1. The number of hydrogen-bond donors (Lipinski definition) is 1. The average Bonchev–Trinajstić information content (AvgIpc) is 2.87. The lowest BCUT2D eigenvalue weighted by Crippen LogP contribution is -2.32. The predicted octanol–water partition coefficient (Wildman–Crippen LogP) is 1.75. The highest BCUT2D eigenvalue weighted by Gasteiger charge is 2.27. The summed E-state index contributed by atoms with van der Waals surface area (Å²) >= 11 is 0. The summed E-state index contributed by atoms with van der Waals surface area (Å²) in [5.74, 6) is 1.65. The molecule has 0 amide bonds. The molecule has 1 aromatic heterocycles. The monoisotopic (exact) mass is 223 g/mol. The van der Waals surface area contributed by atoms with Gasteiger partial charge in [-0.2, -0.15) is 0 Å². The summed E-state index contributed by atoms with van der Waals surface area (Å²) in [5.41, 5.74) is 6.35. The fourth-order valence-corrected chi connectivity index (χ4v) is 2.53. The molecule has 1 aliphatic heterocycles. The van der Waals surface area contributed by atoms with Gasteiger partial charge in [-0.25, -0.2) is 0 Å². The first-order chi connectivity index (χ1) is 7.70. The minimum Gasteiger partial charge on any atom is -0.360 e. The number of hydrogen-bond acceptors (Lipinski definition) is 4. The summed E-state index contributed by atoms with van der Waals surface area (Å²) in [5, 5.41) is 3.92. The molecule has 4 heteroatoms. The van der Waals surface area contributed by atoms with E-state index >= 15 is 0 Å². The van der Waals surface area contributed by atoms with Crippen molar-refractivity contribution in [3.8, 4) is 0 Å². The van der Waals surface area contributed by atoms with Crippen LogP contribution < -0.4 is 5.73 Å². The lowest BCUT2D eigenvalue weighted by atomic mass is 10.0. The van der Waals surface area contributed by atoms with Crippen LogP contribution in [0.25, 0.3) is 0 Å². The first kappa shape index (κ1) is 11.6. The van der Waals surface area contributed by atoms with Crippen molar-refractivity contribution in [3.63, 3.8) is 0 Å². The van der Waals surface area contributed by atoms with Crippen LogP contribution in [0.2, 0.25) is 0 Å². The molecular formula is C12H21N3O. The largest absolute Gasteiger partial charge is 0.360 e. The predicted molar refractivity (Wildman–Crippen MR) is 62.7 cm³/mol. The van der Waals surface area contributed by atoms with E-state index in [1.807, 2.05) is 6.07 Å². The molecule has 0 saturated carbocycles. The lowest BCUT2D eigenvalue weighted by Gasteiger charge is -2.26. The maximum atomic E-state index is 5.51. The summed E-state index contributed by atoms with van der Waals surface area (Å²) in [7, 11) is 0. The highest BCUT2D eigenvalue weighted by molar-refractivity contribution is 5.05. The van der Waals surface area contributed by atoms with E-state index in [1.54, 1.807) is 0 Å². The van der Waals surface area contributed by atoms with Crippen LogP contribution in [-0.4, -0.2) is 22.6 Å². The zero-order valence-corrected chi connectivity index (χ0v) is 10.1. The first-order valence-corrected chi connectivity index (χ1v) is 6.09. The molecule has 0 radical (unpaired) electrons. The van der Waals surface area contributed by atoms with E-state index in [9.17, 15) is 0 Å². The first-order valence-electron chi connectivity index (χ1n) is 6.09. The second-order valence-corrected chi connectivity index (χ2v) is 4.91. The Balaban J connectivity index is 1.98. The van der Waals surface area contributed by atoms with Gasteiger partial charge in [-0.05, 0) is 25.3 Å². The van der Waals surface area contributed by atoms with Crippen LogP contribution in [0.15, 0.2) is 10.6 Å². The Kier molecular flexibility index (Phi) is 3.61. The molecule has 0 aliphatic carbocycles. The van der Waals surface area contributed by atoms with Crippen molar-refractivity contribution >= 4 is 0 Å². The molecule has 1 aromatic rings. The molecule has 1 unspecified atom stereocenters. The van der Waals surface area contributed by atoms with E-state index in [0.717, 1.165) is 18.0 Å². The third-order valence-electron chi connectivity index (χ3n) is 3.36. The minimum absolute atomic E-state index is 0.455. The molecule has 0 aromatic carbocycles. The van der Waals surface area contributed by atoms with Crippen LogP contribution in [0, 0.1) is 5.92 Å². The minimum atomic E-state index is 0.455. The maximum absolute atomic E-state index is 5.51. The van der Waals surface area contributed by atoms with Gasteiger partial charge in [-0.3, -0.25) is 4.90 Å². The van der Waals surface area contributed by atoms with E-state index in [2.05, 4.69) is 23.9 Å². The Hall–Kier alpha value is -0.870. The van der Waals surface area contributed by atoms with Gasteiger partial charge in [0, 0.05) is 18.7 Å². The van der Waals surface area contributed by atoms with E-state index in [-0.39, 0.29) is 0 Å². The summed E-state index contributed by atoms with van der Waals surface area (Å²) < 4.78 is 5.27. The summed E-state index contributed by atoms with van der Waals surface area (Å²) in [4.78, 5) is 2.49. The van der Waals surface area contributed by atoms with Crippen molar-refractivity contribution in [1.82, 2.24) is 10.1 Å². The smallest absolute Gasteiger partial charge is 0.151 e. The van der Waals surface area contributed by atoms with Gasteiger partial charge in [-0.1, -0.05) is 19.0 Å². The van der Waals surface area contributed by atoms with Gasteiger partial charge in [0.15, 0.2) is 5.76 Å². The fraction of sp³-hybridized carbons (Fsp3) is 0.750. The summed E-state index contributed by atoms with van der Waals surface area (Å²) in [6.45, 7) is 7.07. The average molecular weight is 223 g/mol. The highest BCUT2D eigenvalue weighted by atomic mass is 16.5. The molecular weight excluding hydrogens is 202 g/mol.